The number of rotatable bonds is 2. The van der Waals surface area contributed by atoms with Crippen molar-refractivity contribution in [3.05, 3.63) is 25.0 Å². The minimum atomic E-state index is 0.525. The van der Waals surface area contributed by atoms with Crippen LogP contribution in [-0.4, -0.2) is 19.1 Å². The largest absolute Gasteiger partial charge is 0.382 e. The van der Waals surface area contributed by atoms with Gasteiger partial charge in [-0.1, -0.05) is 19.3 Å². The number of hydrogen-bond acceptors (Lipinski definition) is 3. The molecule has 0 unspecified atom stereocenters. The summed E-state index contributed by atoms with van der Waals surface area (Å²) in [4.78, 5) is 8.41. The van der Waals surface area contributed by atoms with E-state index in [4.69, 9.17) is 5.73 Å². The number of nitrogen functional groups attached to an aromatic ring is 1. The molecule has 5 heteroatoms. The molecule has 1 saturated carbocycles. The molecule has 0 amide bonds. The van der Waals surface area contributed by atoms with Gasteiger partial charge in [-0.15, -0.1) is 0 Å². The number of hydrogen-bond donors (Lipinski definition) is 1. The van der Waals surface area contributed by atoms with E-state index in [-0.39, 0.29) is 0 Å². The number of aromatic nitrogens is 4. The molecule has 2 aromatic heterocycles. The lowest BCUT2D eigenvalue weighted by atomic mass is 9.95. The highest BCUT2D eigenvalue weighted by Gasteiger charge is 2.15. The Morgan fingerprint density at radius 2 is 1.88 bits per heavy atom. The average molecular weight is 231 g/mol. The normalized spacial score (nSPS) is 17.4. The zero-order valence-electron chi connectivity index (χ0n) is 9.79. The van der Waals surface area contributed by atoms with Crippen LogP contribution in [0.3, 0.4) is 0 Å². The zero-order valence-corrected chi connectivity index (χ0v) is 9.79. The first-order valence-electron chi connectivity index (χ1n) is 6.16. The van der Waals surface area contributed by atoms with Crippen molar-refractivity contribution >= 4 is 5.82 Å². The summed E-state index contributed by atoms with van der Waals surface area (Å²) in [5, 5.41) is 0. The van der Waals surface area contributed by atoms with Gasteiger partial charge in [0.2, 0.25) is 0 Å². The summed E-state index contributed by atoms with van der Waals surface area (Å²) in [5.74, 6) is 1.41. The molecule has 0 atom stereocenters. The molecule has 5 nitrogen and oxygen atoms in total. The van der Waals surface area contributed by atoms with E-state index in [9.17, 15) is 0 Å². The average Bonchev–Trinajstić information content (AvgIpc) is 2.98. The smallest absolute Gasteiger partial charge is 0.156 e. The molecule has 1 fully saturated rings. The van der Waals surface area contributed by atoms with Gasteiger partial charge < -0.3 is 10.3 Å². The fourth-order valence-electron chi connectivity index (χ4n) is 2.50. The summed E-state index contributed by atoms with van der Waals surface area (Å²) in [6.07, 6.45) is 14.0. The van der Waals surface area contributed by atoms with Gasteiger partial charge in [-0.3, -0.25) is 4.57 Å². The van der Waals surface area contributed by atoms with Crippen molar-refractivity contribution in [2.24, 2.45) is 0 Å². The van der Waals surface area contributed by atoms with Gasteiger partial charge in [0.25, 0.3) is 0 Å². The topological polar surface area (TPSA) is 61.7 Å². The Hall–Kier alpha value is -1.78. The molecule has 1 aliphatic rings. The molecule has 2 N–H and O–H groups in total. The molecule has 0 saturated heterocycles. The summed E-state index contributed by atoms with van der Waals surface area (Å²) >= 11 is 0. The SMILES string of the molecule is Nc1cn(-c2cn(C3CCCCC3)cn2)cn1. The molecule has 2 heterocycles. The van der Waals surface area contributed by atoms with Gasteiger partial charge in [-0.2, -0.15) is 0 Å². The molecule has 0 radical (unpaired) electrons. The Bertz CT molecular complexity index is 492. The molecule has 0 aromatic carbocycles. The van der Waals surface area contributed by atoms with E-state index >= 15 is 0 Å². The van der Waals surface area contributed by atoms with E-state index in [0.717, 1.165) is 5.82 Å². The first-order valence-corrected chi connectivity index (χ1v) is 6.16. The molecule has 0 aliphatic heterocycles. The minimum absolute atomic E-state index is 0.525. The zero-order chi connectivity index (χ0) is 11.7. The predicted molar refractivity (Wildman–Crippen MR) is 65.9 cm³/mol. The van der Waals surface area contributed by atoms with Gasteiger partial charge in [-0.25, -0.2) is 9.97 Å². The van der Waals surface area contributed by atoms with Gasteiger partial charge >= 0.3 is 0 Å². The van der Waals surface area contributed by atoms with Crippen LogP contribution in [0.25, 0.3) is 5.82 Å². The van der Waals surface area contributed by atoms with E-state index < -0.39 is 0 Å². The molecule has 0 bridgehead atoms. The van der Waals surface area contributed by atoms with Crippen LogP contribution in [0, 0.1) is 0 Å². The second kappa shape index (κ2) is 4.24. The molecule has 17 heavy (non-hydrogen) atoms. The lowest BCUT2D eigenvalue weighted by Gasteiger charge is -2.22. The number of imidazole rings is 2. The highest BCUT2D eigenvalue weighted by molar-refractivity contribution is 5.29. The number of nitrogens with zero attached hydrogens (tertiary/aromatic N) is 4. The van der Waals surface area contributed by atoms with Crippen LogP contribution in [0.5, 0.6) is 0 Å². The van der Waals surface area contributed by atoms with Gasteiger partial charge in [0.1, 0.15) is 12.1 Å². The van der Waals surface area contributed by atoms with Crippen molar-refractivity contribution in [2.45, 2.75) is 38.1 Å². The van der Waals surface area contributed by atoms with Crippen LogP contribution in [0.4, 0.5) is 5.82 Å². The highest BCUT2D eigenvalue weighted by atomic mass is 15.2. The molecule has 3 rings (SSSR count). The maximum atomic E-state index is 5.60. The minimum Gasteiger partial charge on any atom is -0.382 e. The number of anilines is 1. The summed E-state index contributed by atoms with van der Waals surface area (Å²) in [5.41, 5.74) is 5.60. The Kier molecular flexibility index (Phi) is 2.59. The van der Waals surface area contributed by atoms with Gasteiger partial charge in [0.05, 0.1) is 12.5 Å². The summed E-state index contributed by atoms with van der Waals surface area (Å²) in [6, 6.07) is 0.617. The summed E-state index contributed by atoms with van der Waals surface area (Å²) < 4.78 is 4.08. The predicted octanol–water partition coefficient (Wildman–Crippen LogP) is 2.16. The molecule has 0 spiro atoms. The van der Waals surface area contributed by atoms with Gasteiger partial charge in [0, 0.05) is 12.2 Å². The van der Waals surface area contributed by atoms with E-state index in [1.54, 1.807) is 12.5 Å². The Morgan fingerprint density at radius 1 is 1.06 bits per heavy atom. The first-order chi connectivity index (χ1) is 8.33. The standard InChI is InChI=1S/C12H17N5/c13-11-6-17(8-14-11)12-7-16(9-15-12)10-4-2-1-3-5-10/h6-10H,1-5,13H2. The third-order valence-electron chi connectivity index (χ3n) is 3.45. The van der Waals surface area contributed by atoms with Crippen molar-refractivity contribution in [2.75, 3.05) is 5.73 Å². The first kappa shape index (κ1) is 10.4. The molecule has 2 aromatic rings. The number of nitrogens with two attached hydrogens (primary N) is 1. The van der Waals surface area contributed by atoms with Crippen LogP contribution in [0.15, 0.2) is 25.0 Å². The lowest BCUT2D eigenvalue weighted by Crippen LogP contribution is -2.10. The fourth-order valence-corrected chi connectivity index (χ4v) is 2.50. The van der Waals surface area contributed by atoms with Crippen LogP contribution < -0.4 is 5.73 Å². The van der Waals surface area contributed by atoms with E-state index in [0.29, 0.717) is 11.9 Å². The Morgan fingerprint density at radius 3 is 2.59 bits per heavy atom. The maximum absolute atomic E-state index is 5.60. The van der Waals surface area contributed by atoms with Crippen LogP contribution in [0.1, 0.15) is 38.1 Å². The maximum Gasteiger partial charge on any atom is 0.156 e. The molecular formula is C12H17N5. The van der Waals surface area contributed by atoms with E-state index in [1.165, 1.54) is 32.1 Å². The van der Waals surface area contributed by atoms with E-state index in [2.05, 4.69) is 20.7 Å². The van der Waals surface area contributed by atoms with Crippen LogP contribution in [0.2, 0.25) is 0 Å². The van der Waals surface area contributed by atoms with Crippen LogP contribution in [-0.2, 0) is 0 Å². The monoisotopic (exact) mass is 231 g/mol. The van der Waals surface area contributed by atoms with Crippen LogP contribution >= 0.6 is 0 Å². The molecular weight excluding hydrogens is 214 g/mol. The fraction of sp³-hybridized carbons (Fsp3) is 0.500. The highest BCUT2D eigenvalue weighted by Crippen LogP contribution is 2.28. The molecule has 1 aliphatic carbocycles. The van der Waals surface area contributed by atoms with Crippen molar-refractivity contribution < 1.29 is 0 Å². The van der Waals surface area contributed by atoms with Gasteiger partial charge in [0.15, 0.2) is 5.82 Å². The summed E-state index contributed by atoms with van der Waals surface area (Å²) in [7, 11) is 0. The second-order valence-electron chi connectivity index (χ2n) is 4.68. The van der Waals surface area contributed by atoms with Crippen molar-refractivity contribution in [3.63, 3.8) is 0 Å². The van der Waals surface area contributed by atoms with Crippen molar-refractivity contribution in [1.29, 1.82) is 0 Å². The van der Waals surface area contributed by atoms with Crippen molar-refractivity contribution in [1.82, 2.24) is 19.1 Å². The Balaban J connectivity index is 1.82. The van der Waals surface area contributed by atoms with E-state index in [1.807, 2.05) is 10.9 Å². The molecule has 90 valence electrons. The lowest BCUT2D eigenvalue weighted by molar-refractivity contribution is 0.353. The third-order valence-corrected chi connectivity index (χ3v) is 3.45. The van der Waals surface area contributed by atoms with Gasteiger partial charge in [-0.05, 0) is 12.8 Å². The quantitative estimate of drug-likeness (QED) is 0.861. The van der Waals surface area contributed by atoms with Crippen molar-refractivity contribution in [3.8, 4) is 5.82 Å². The summed E-state index contributed by atoms with van der Waals surface area (Å²) in [6.45, 7) is 0. The second-order valence-corrected chi connectivity index (χ2v) is 4.68. The third kappa shape index (κ3) is 2.05. The Labute approximate surface area is 100 Å².